The van der Waals surface area contributed by atoms with Crippen LogP contribution in [0.15, 0.2) is 0 Å². The summed E-state index contributed by atoms with van der Waals surface area (Å²) in [5, 5.41) is 6.22. The molecule has 1 amide bonds. The maximum absolute atomic E-state index is 11.9. The quantitative estimate of drug-likeness (QED) is 0.666. The van der Waals surface area contributed by atoms with Crippen LogP contribution in [-0.4, -0.2) is 36.7 Å². The minimum atomic E-state index is -0.238. The molecular weight excluding hydrogens is 228 g/mol. The van der Waals surface area contributed by atoms with Crippen molar-refractivity contribution >= 4 is 5.91 Å². The third-order valence-corrected chi connectivity index (χ3v) is 2.87. The SMILES string of the molecule is CCCC(C)NC(=O)C(C)NCC(C)(C)OCC. The zero-order valence-electron chi connectivity index (χ0n) is 12.8. The number of carbonyl (C=O) groups excluding carboxylic acids is 1. The van der Waals surface area contributed by atoms with Crippen molar-refractivity contribution in [1.29, 1.82) is 0 Å². The van der Waals surface area contributed by atoms with Crippen LogP contribution in [0, 0.1) is 0 Å². The second-order valence-corrected chi connectivity index (χ2v) is 5.49. The van der Waals surface area contributed by atoms with Crippen molar-refractivity contribution in [2.24, 2.45) is 0 Å². The fourth-order valence-corrected chi connectivity index (χ4v) is 1.81. The van der Waals surface area contributed by atoms with Crippen LogP contribution < -0.4 is 10.6 Å². The molecule has 0 aromatic heterocycles. The summed E-state index contributed by atoms with van der Waals surface area (Å²) in [6.45, 7) is 13.4. The van der Waals surface area contributed by atoms with Crippen molar-refractivity contribution < 1.29 is 9.53 Å². The highest BCUT2D eigenvalue weighted by Crippen LogP contribution is 2.07. The van der Waals surface area contributed by atoms with Gasteiger partial charge >= 0.3 is 0 Å². The van der Waals surface area contributed by atoms with Crippen LogP contribution in [0.2, 0.25) is 0 Å². The van der Waals surface area contributed by atoms with Crippen molar-refractivity contribution in [3.8, 4) is 0 Å². The first kappa shape index (κ1) is 17.4. The van der Waals surface area contributed by atoms with Gasteiger partial charge in [0.2, 0.25) is 5.91 Å². The molecule has 2 atom stereocenters. The highest BCUT2D eigenvalue weighted by Gasteiger charge is 2.21. The van der Waals surface area contributed by atoms with Crippen molar-refractivity contribution in [3.05, 3.63) is 0 Å². The number of carbonyl (C=O) groups is 1. The van der Waals surface area contributed by atoms with Crippen LogP contribution in [0.25, 0.3) is 0 Å². The fraction of sp³-hybridized carbons (Fsp3) is 0.929. The third kappa shape index (κ3) is 7.67. The summed E-state index contributed by atoms with van der Waals surface area (Å²) in [5.74, 6) is 0.0586. The van der Waals surface area contributed by atoms with Gasteiger partial charge in [-0.1, -0.05) is 13.3 Å². The second-order valence-electron chi connectivity index (χ2n) is 5.49. The van der Waals surface area contributed by atoms with Gasteiger partial charge in [0, 0.05) is 19.2 Å². The van der Waals surface area contributed by atoms with E-state index in [1.807, 2.05) is 34.6 Å². The zero-order chi connectivity index (χ0) is 14.2. The molecule has 4 heteroatoms. The van der Waals surface area contributed by atoms with E-state index in [4.69, 9.17) is 4.74 Å². The normalized spacial score (nSPS) is 15.2. The molecule has 2 unspecified atom stereocenters. The topological polar surface area (TPSA) is 50.4 Å². The smallest absolute Gasteiger partial charge is 0.237 e. The molecule has 0 aromatic rings. The Morgan fingerprint density at radius 1 is 1.28 bits per heavy atom. The Morgan fingerprint density at radius 3 is 2.39 bits per heavy atom. The predicted octanol–water partition coefficient (Wildman–Crippen LogP) is 2.08. The Hall–Kier alpha value is -0.610. The molecule has 108 valence electrons. The molecule has 0 saturated heterocycles. The number of hydrogen-bond acceptors (Lipinski definition) is 3. The first-order chi connectivity index (χ1) is 8.32. The molecule has 4 nitrogen and oxygen atoms in total. The van der Waals surface area contributed by atoms with Crippen molar-refractivity contribution in [3.63, 3.8) is 0 Å². The lowest BCUT2D eigenvalue weighted by atomic mass is 10.1. The lowest BCUT2D eigenvalue weighted by molar-refractivity contribution is -0.123. The molecule has 0 rings (SSSR count). The van der Waals surface area contributed by atoms with Gasteiger partial charge in [-0.25, -0.2) is 0 Å². The average molecular weight is 258 g/mol. The molecule has 0 spiro atoms. The molecule has 0 aliphatic carbocycles. The monoisotopic (exact) mass is 258 g/mol. The van der Waals surface area contributed by atoms with E-state index in [0.717, 1.165) is 12.8 Å². The molecule has 0 fully saturated rings. The minimum absolute atomic E-state index is 0.0586. The Labute approximate surface area is 112 Å². The van der Waals surface area contributed by atoms with Crippen LogP contribution in [0.4, 0.5) is 0 Å². The van der Waals surface area contributed by atoms with E-state index < -0.39 is 0 Å². The first-order valence-corrected chi connectivity index (χ1v) is 7.00. The van der Waals surface area contributed by atoms with Gasteiger partial charge in [-0.3, -0.25) is 4.79 Å². The van der Waals surface area contributed by atoms with Gasteiger partial charge < -0.3 is 15.4 Å². The van der Waals surface area contributed by atoms with E-state index in [2.05, 4.69) is 17.6 Å². The van der Waals surface area contributed by atoms with Crippen molar-refractivity contribution in [1.82, 2.24) is 10.6 Å². The molecule has 0 bridgehead atoms. The van der Waals surface area contributed by atoms with Crippen LogP contribution in [0.1, 0.15) is 54.4 Å². The van der Waals surface area contributed by atoms with Crippen molar-refractivity contribution in [2.75, 3.05) is 13.2 Å². The standard InChI is InChI=1S/C14H30N2O2/c1-7-9-11(3)16-13(17)12(4)15-10-14(5,6)18-8-2/h11-12,15H,7-10H2,1-6H3,(H,16,17). The van der Waals surface area contributed by atoms with Gasteiger partial charge in [0.25, 0.3) is 0 Å². The Morgan fingerprint density at radius 2 is 1.89 bits per heavy atom. The second kappa shape index (κ2) is 8.48. The molecule has 0 heterocycles. The highest BCUT2D eigenvalue weighted by atomic mass is 16.5. The number of amides is 1. The van der Waals surface area contributed by atoms with E-state index >= 15 is 0 Å². The Kier molecular flexibility index (Phi) is 8.20. The summed E-state index contributed by atoms with van der Waals surface area (Å²) in [6, 6.07) is 0.0516. The summed E-state index contributed by atoms with van der Waals surface area (Å²) >= 11 is 0. The molecule has 0 radical (unpaired) electrons. The molecule has 0 aliphatic rings. The zero-order valence-corrected chi connectivity index (χ0v) is 12.8. The van der Waals surface area contributed by atoms with Crippen LogP contribution in [-0.2, 0) is 9.53 Å². The summed E-state index contributed by atoms with van der Waals surface area (Å²) in [4.78, 5) is 11.9. The fourth-order valence-electron chi connectivity index (χ4n) is 1.81. The van der Waals surface area contributed by atoms with E-state index in [1.54, 1.807) is 0 Å². The van der Waals surface area contributed by atoms with Crippen LogP contribution in [0.5, 0.6) is 0 Å². The van der Waals surface area contributed by atoms with E-state index in [9.17, 15) is 4.79 Å². The molecule has 0 aliphatic heterocycles. The van der Waals surface area contributed by atoms with Gasteiger partial charge in [-0.15, -0.1) is 0 Å². The number of nitrogens with one attached hydrogen (secondary N) is 2. The van der Waals surface area contributed by atoms with E-state index in [0.29, 0.717) is 13.2 Å². The Balaban J connectivity index is 4.01. The first-order valence-electron chi connectivity index (χ1n) is 7.00. The maximum atomic E-state index is 11.9. The molecule has 2 N–H and O–H groups in total. The van der Waals surface area contributed by atoms with Gasteiger partial charge in [0.05, 0.1) is 11.6 Å². The Bertz CT molecular complexity index is 242. The maximum Gasteiger partial charge on any atom is 0.237 e. The van der Waals surface area contributed by atoms with E-state index in [-0.39, 0.29) is 23.6 Å². The molecule has 0 saturated carbocycles. The summed E-state index contributed by atoms with van der Waals surface area (Å²) < 4.78 is 5.58. The average Bonchev–Trinajstić information content (AvgIpc) is 2.26. The van der Waals surface area contributed by atoms with E-state index in [1.165, 1.54) is 0 Å². The summed E-state index contributed by atoms with van der Waals surface area (Å²) in [7, 11) is 0. The van der Waals surface area contributed by atoms with Gasteiger partial charge in [-0.05, 0) is 41.0 Å². The lowest BCUT2D eigenvalue weighted by Gasteiger charge is -2.27. The molecular formula is C14H30N2O2. The largest absolute Gasteiger partial charge is 0.375 e. The molecule has 0 aromatic carbocycles. The third-order valence-electron chi connectivity index (χ3n) is 2.87. The summed E-state index contributed by atoms with van der Waals surface area (Å²) in [6.07, 6.45) is 2.10. The minimum Gasteiger partial charge on any atom is -0.375 e. The highest BCUT2D eigenvalue weighted by molar-refractivity contribution is 5.81. The number of ether oxygens (including phenoxy) is 1. The van der Waals surface area contributed by atoms with Gasteiger partial charge in [-0.2, -0.15) is 0 Å². The number of hydrogen-bond donors (Lipinski definition) is 2. The molecule has 18 heavy (non-hydrogen) atoms. The van der Waals surface area contributed by atoms with Gasteiger partial charge in [0.15, 0.2) is 0 Å². The van der Waals surface area contributed by atoms with Gasteiger partial charge in [0.1, 0.15) is 0 Å². The number of rotatable bonds is 9. The van der Waals surface area contributed by atoms with Crippen LogP contribution in [0.3, 0.4) is 0 Å². The summed E-state index contributed by atoms with van der Waals surface area (Å²) in [5.41, 5.74) is -0.238. The van der Waals surface area contributed by atoms with Crippen molar-refractivity contribution in [2.45, 2.75) is 72.1 Å². The predicted molar refractivity (Wildman–Crippen MR) is 75.7 cm³/mol. The lowest BCUT2D eigenvalue weighted by Crippen LogP contribution is -2.49. The van der Waals surface area contributed by atoms with Crippen LogP contribution >= 0.6 is 0 Å².